The average molecular weight is 453 g/mol. The Balaban J connectivity index is 0.000000539. The first kappa shape index (κ1) is 28.5. The highest BCUT2D eigenvalue weighted by atomic mass is 19.4. The molecule has 1 aromatic rings. The van der Waals surface area contributed by atoms with Gasteiger partial charge in [0.1, 0.15) is 11.5 Å². The van der Waals surface area contributed by atoms with E-state index in [1.54, 1.807) is 0 Å². The molecule has 1 aliphatic heterocycles. The summed E-state index contributed by atoms with van der Waals surface area (Å²) in [7, 11) is 1.40. The van der Waals surface area contributed by atoms with Gasteiger partial charge in [-0.2, -0.15) is 13.2 Å². The molecular formula is C21H29F6N3O. The molecule has 0 spiro atoms. The fourth-order valence-electron chi connectivity index (χ4n) is 2.73. The fraction of sp³-hybridized carbons (Fsp3) is 0.476. The van der Waals surface area contributed by atoms with Crippen LogP contribution in [-0.2, 0) is 11.2 Å². The number of halogens is 6. The molecule has 0 saturated carbocycles. The third-order valence-corrected chi connectivity index (χ3v) is 4.63. The molecule has 1 fully saturated rings. The van der Waals surface area contributed by atoms with Crippen molar-refractivity contribution in [3.8, 4) is 0 Å². The Hall–Kier alpha value is -2.49. The second-order valence-corrected chi connectivity index (χ2v) is 6.73. The molecule has 0 aliphatic carbocycles. The van der Waals surface area contributed by atoms with Crippen molar-refractivity contribution < 1.29 is 31.1 Å². The number of carbonyl (C=O) groups excluding carboxylic acids is 1. The summed E-state index contributed by atoms with van der Waals surface area (Å²) in [6, 6.07) is 0.949. The van der Waals surface area contributed by atoms with Gasteiger partial charge in [0.25, 0.3) is 0 Å². The summed E-state index contributed by atoms with van der Waals surface area (Å²) < 4.78 is 75.8. The first-order chi connectivity index (χ1) is 14.4. The molecule has 0 radical (unpaired) electrons. The van der Waals surface area contributed by atoms with Gasteiger partial charge in [-0.1, -0.05) is 13.0 Å². The van der Waals surface area contributed by atoms with Crippen molar-refractivity contribution in [2.24, 2.45) is 5.73 Å². The summed E-state index contributed by atoms with van der Waals surface area (Å²) in [6.45, 7) is 9.92. The van der Waals surface area contributed by atoms with E-state index in [9.17, 15) is 31.1 Å². The van der Waals surface area contributed by atoms with E-state index in [4.69, 9.17) is 5.73 Å². The lowest BCUT2D eigenvalue weighted by Crippen LogP contribution is -2.58. The van der Waals surface area contributed by atoms with Crippen molar-refractivity contribution in [1.82, 2.24) is 9.80 Å². The van der Waals surface area contributed by atoms with Crippen LogP contribution >= 0.6 is 0 Å². The third-order valence-electron chi connectivity index (χ3n) is 4.63. The molecular weight excluding hydrogens is 424 g/mol. The Morgan fingerprint density at radius 3 is 2.16 bits per heavy atom. The summed E-state index contributed by atoms with van der Waals surface area (Å²) >= 11 is 0. The molecule has 1 unspecified atom stereocenters. The number of likely N-dealkylation sites (tertiary alicyclic amines) is 1. The predicted molar refractivity (Wildman–Crippen MR) is 109 cm³/mol. The van der Waals surface area contributed by atoms with Crippen LogP contribution in [-0.4, -0.2) is 54.6 Å². The summed E-state index contributed by atoms with van der Waals surface area (Å²) in [4.78, 5) is 12.9. The van der Waals surface area contributed by atoms with Crippen LogP contribution in [0, 0.1) is 17.5 Å². The van der Waals surface area contributed by atoms with Crippen molar-refractivity contribution in [3.05, 3.63) is 60.1 Å². The fourth-order valence-corrected chi connectivity index (χ4v) is 2.73. The average Bonchev–Trinajstić information content (AvgIpc) is 2.66. The van der Waals surface area contributed by atoms with E-state index in [2.05, 4.69) is 13.2 Å². The molecule has 2 rings (SSSR count). The molecule has 0 bridgehead atoms. The Bertz CT molecular complexity index is 733. The minimum atomic E-state index is -4.33. The summed E-state index contributed by atoms with van der Waals surface area (Å²) in [5.74, 6) is -2.95. The molecule has 4 nitrogen and oxygen atoms in total. The van der Waals surface area contributed by atoms with Gasteiger partial charge in [-0.3, -0.25) is 4.79 Å². The first-order valence-electron chi connectivity index (χ1n) is 9.49. The van der Waals surface area contributed by atoms with Gasteiger partial charge < -0.3 is 15.5 Å². The Morgan fingerprint density at radius 1 is 1.23 bits per heavy atom. The summed E-state index contributed by atoms with van der Waals surface area (Å²) in [5.41, 5.74) is 5.05. The second kappa shape index (κ2) is 13.0. The molecule has 1 aliphatic rings. The monoisotopic (exact) mass is 453 g/mol. The SMILES string of the molecule is C/C=C(\N(C)C1CN(C=O)C1)C(F)(F)F.C=C.CCC(N)Cc1cc(F)c(F)cc1F. The van der Waals surface area contributed by atoms with Gasteiger partial charge in [0, 0.05) is 32.2 Å². The third kappa shape index (κ3) is 8.64. The molecule has 10 heteroatoms. The highest BCUT2D eigenvalue weighted by molar-refractivity contribution is 5.49. The molecule has 176 valence electrons. The number of alkyl halides is 3. The Morgan fingerprint density at radius 2 is 1.74 bits per heavy atom. The van der Waals surface area contributed by atoms with Crippen molar-refractivity contribution in [2.45, 2.75) is 44.9 Å². The van der Waals surface area contributed by atoms with Gasteiger partial charge in [0.15, 0.2) is 11.6 Å². The van der Waals surface area contributed by atoms with E-state index in [0.717, 1.165) is 12.1 Å². The van der Waals surface area contributed by atoms with Crippen molar-refractivity contribution in [3.63, 3.8) is 0 Å². The summed E-state index contributed by atoms with van der Waals surface area (Å²) in [5, 5.41) is 0. The number of carbonyl (C=O) groups is 1. The van der Waals surface area contributed by atoms with Crippen LogP contribution in [0.2, 0.25) is 0 Å². The van der Waals surface area contributed by atoms with Gasteiger partial charge in [-0.25, -0.2) is 13.2 Å². The number of nitrogens with zero attached hydrogens (tertiary/aromatic N) is 2. The zero-order chi connectivity index (χ0) is 24.4. The van der Waals surface area contributed by atoms with Crippen LogP contribution in [0.1, 0.15) is 25.8 Å². The molecule has 1 amide bonds. The van der Waals surface area contributed by atoms with Gasteiger partial charge in [-0.15, -0.1) is 13.2 Å². The molecule has 2 N–H and O–H groups in total. The van der Waals surface area contributed by atoms with Gasteiger partial charge in [0.05, 0.1) is 6.04 Å². The Kier molecular flexibility index (Phi) is 12.0. The molecule has 1 aromatic carbocycles. The number of hydrogen-bond donors (Lipinski definition) is 1. The second-order valence-electron chi connectivity index (χ2n) is 6.73. The number of nitrogens with two attached hydrogens (primary N) is 1. The van der Waals surface area contributed by atoms with Crippen molar-refractivity contribution in [2.75, 3.05) is 20.1 Å². The summed E-state index contributed by atoms with van der Waals surface area (Å²) in [6.07, 6.45) is -1.75. The van der Waals surface area contributed by atoms with Crippen molar-refractivity contribution >= 4 is 6.41 Å². The highest BCUT2D eigenvalue weighted by Crippen LogP contribution is 2.30. The zero-order valence-corrected chi connectivity index (χ0v) is 17.9. The van der Waals surface area contributed by atoms with E-state index in [1.807, 2.05) is 6.92 Å². The molecule has 0 aromatic heterocycles. The quantitative estimate of drug-likeness (QED) is 0.301. The lowest BCUT2D eigenvalue weighted by molar-refractivity contribution is -0.130. The number of rotatable bonds is 6. The number of benzene rings is 1. The topological polar surface area (TPSA) is 49.6 Å². The first-order valence-corrected chi connectivity index (χ1v) is 9.49. The van der Waals surface area contributed by atoms with Crippen LogP contribution in [0.25, 0.3) is 0 Å². The van der Waals surface area contributed by atoms with Crippen molar-refractivity contribution in [1.29, 1.82) is 0 Å². The highest BCUT2D eigenvalue weighted by Gasteiger charge is 2.40. The van der Waals surface area contributed by atoms with E-state index in [-0.39, 0.29) is 24.1 Å². The van der Waals surface area contributed by atoms with Crippen LogP contribution < -0.4 is 5.73 Å². The Labute approximate surface area is 179 Å². The maximum Gasteiger partial charge on any atom is 0.430 e. The van der Waals surface area contributed by atoms with Crippen LogP contribution in [0.5, 0.6) is 0 Å². The van der Waals surface area contributed by atoms with Gasteiger partial charge >= 0.3 is 6.18 Å². The van der Waals surface area contributed by atoms with E-state index >= 15 is 0 Å². The van der Waals surface area contributed by atoms with Gasteiger partial charge in [0.2, 0.25) is 6.41 Å². The smallest absolute Gasteiger partial charge is 0.364 e. The van der Waals surface area contributed by atoms with Crippen LogP contribution in [0.3, 0.4) is 0 Å². The molecule has 1 heterocycles. The minimum Gasteiger partial charge on any atom is -0.364 e. The van der Waals surface area contributed by atoms with Gasteiger partial charge in [-0.05, 0) is 31.4 Å². The molecule has 1 atom stereocenters. The lowest BCUT2D eigenvalue weighted by atomic mass is 10.0. The normalized spacial score (nSPS) is 15.0. The number of amides is 1. The molecule has 31 heavy (non-hydrogen) atoms. The van der Waals surface area contributed by atoms with E-state index in [0.29, 0.717) is 32.0 Å². The van der Waals surface area contributed by atoms with E-state index in [1.165, 1.54) is 23.8 Å². The minimum absolute atomic E-state index is 0.123. The number of hydrogen-bond acceptors (Lipinski definition) is 3. The van der Waals surface area contributed by atoms with E-state index < -0.39 is 29.3 Å². The number of allylic oxidation sites excluding steroid dienone is 2. The predicted octanol–water partition coefficient (Wildman–Crippen LogP) is 4.41. The standard InChI is InChI=1S/C10H12F3N.C9H13F3N2O.C2H4/c1-2-7(14)3-6-4-9(12)10(13)5-8(6)11;1-3-8(9(10,11)12)13(2)7-4-14(5-7)6-15;1-2/h4-5,7H,2-3,14H2,1H3;3,6-7H,4-5H2,1-2H3;1-2H2/b;8-3-;. The maximum atomic E-state index is 13.1. The lowest BCUT2D eigenvalue weighted by Gasteiger charge is -2.43. The number of likely N-dealkylation sites (N-methyl/N-ethyl adjacent to an activating group) is 1. The maximum absolute atomic E-state index is 13.1. The van der Waals surface area contributed by atoms with Crippen LogP contribution in [0.4, 0.5) is 26.3 Å². The zero-order valence-electron chi connectivity index (χ0n) is 17.9. The van der Waals surface area contributed by atoms with Crippen LogP contribution in [0.15, 0.2) is 37.1 Å². The largest absolute Gasteiger partial charge is 0.430 e. The molecule has 1 saturated heterocycles.